The van der Waals surface area contributed by atoms with Crippen LogP contribution in [0.5, 0.6) is 0 Å². The third kappa shape index (κ3) is 4.76. The molecular weight excluding hydrogens is 422 g/mol. The van der Waals surface area contributed by atoms with Gasteiger partial charge in [-0.15, -0.1) is 0 Å². The molecule has 0 aromatic heterocycles. The average Bonchev–Trinajstić information content (AvgIpc) is 2.71. The van der Waals surface area contributed by atoms with E-state index in [-0.39, 0.29) is 29.8 Å². The molecule has 1 aliphatic rings. The van der Waals surface area contributed by atoms with Crippen molar-refractivity contribution in [3.8, 4) is 0 Å². The Bertz CT molecular complexity index is 1010. The maximum Gasteiger partial charge on any atom is 0.243 e. The lowest BCUT2D eigenvalue weighted by Gasteiger charge is -2.32. The summed E-state index contributed by atoms with van der Waals surface area (Å²) in [5.74, 6) is -2.69. The van der Waals surface area contributed by atoms with E-state index in [1.54, 1.807) is 18.0 Å². The molecule has 0 bridgehead atoms. The highest BCUT2D eigenvalue weighted by molar-refractivity contribution is 7.89. The Balaban J connectivity index is 1.62. The Labute approximate surface area is 173 Å². The fourth-order valence-corrected chi connectivity index (χ4v) is 5.08. The van der Waals surface area contributed by atoms with E-state index in [0.717, 1.165) is 17.7 Å². The van der Waals surface area contributed by atoms with E-state index in [1.165, 1.54) is 4.31 Å². The van der Waals surface area contributed by atoms with Crippen molar-refractivity contribution in [1.82, 2.24) is 9.21 Å². The summed E-state index contributed by atoms with van der Waals surface area (Å²) in [5.41, 5.74) is 0.836. The molecule has 0 radical (unpaired) electrons. The summed E-state index contributed by atoms with van der Waals surface area (Å²) in [6.07, 6.45) is 0.712. The molecule has 0 aliphatic carbocycles. The van der Waals surface area contributed by atoms with Gasteiger partial charge >= 0.3 is 0 Å². The minimum atomic E-state index is -3.94. The van der Waals surface area contributed by atoms with Crippen LogP contribution < -0.4 is 0 Å². The van der Waals surface area contributed by atoms with Gasteiger partial charge in [-0.05, 0) is 42.7 Å². The number of nitrogens with zero attached hydrogens (tertiary/aromatic N) is 2. The first kappa shape index (κ1) is 21.7. The van der Waals surface area contributed by atoms with Gasteiger partial charge in [0.15, 0.2) is 11.6 Å². The van der Waals surface area contributed by atoms with Crippen molar-refractivity contribution in [2.45, 2.75) is 24.3 Å². The number of carbonyl (C=O) groups excluding carboxylic acids is 1. The van der Waals surface area contributed by atoms with Crippen molar-refractivity contribution in [3.63, 3.8) is 0 Å². The molecular formula is C20H21ClF2N2O3S. The standard InChI is InChI=1S/C20H21ClF2N2O3S/c1-24(13-15-4-2-3-5-17(15)21)20(26)14-8-10-25(11-9-14)29(27,28)16-6-7-18(22)19(23)12-16/h2-7,12,14H,8-11,13H2,1H3. The van der Waals surface area contributed by atoms with E-state index >= 15 is 0 Å². The number of sulfonamides is 1. The first-order valence-electron chi connectivity index (χ1n) is 9.13. The number of piperidine rings is 1. The molecule has 0 N–H and O–H groups in total. The molecule has 29 heavy (non-hydrogen) atoms. The molecule has 156 valence electrons. The van der Waals surface area contributed by atoms with Gasteiger partial charge in [-0.1, -0.05) is 29.8 Å². The Morgan fingerprint density at radius 3 is 2.41 bits per heavy atom. The molecule has 0 unspecified atom stereocenters. The van der Waals surface area contributed by atoms with Crippen LogP contribution >= 0.6 is 11.6 Å². The summed E-state index contributed by atoms with van der Waals surface area (Å²) in [4.78, 5) is 14.0. The third-order valence-corrected chi connectivity index (χ3v) is 7.34. The molecule has 1 fully saturated rings. The lowest BCUT2D eigenvalue weighted by Crippen LogP contribution is -2.43. The predicted molar refractivity (Wildman–Crippen MR) is 106 cm³/mol. The van der Waals surface area contributed by atoms with Crippen molar-refractivity contribution < 1.29 is 22.0 Å². The van der Waals surface area contributed by atoms with Crippen LogP contribution in [0.15, 0.2) is 47.4 Å². The van der Waals surface area contributed by atoms with Crippen LogP contribution in [-0.2, 0) is 21.4 Å². The van der Waals surface area contributed by atoms with Gasteiger partial charge in [0.05, 0.1) is 4.90 Å². The number of hydrogen-bond acceptors (Lipinski definition) is 3. The van der Waals surface area contributed by atoms with Crippen LogP contribution in [0.4, 0.5) is 8.78 Å². The Hall–Kier alpha value is -2.03. The fraction of sp³-hybridized carbons (Fsp3) is 0.350. The van der Waals surface area contributed by atoms with Gasteiger partial charge in [0, 0.05) is 37.6 Å². The normalized spacial score (nSPS) is 16.0. The van der Waals surface area contributed by atoms with E-state index < -0.39 is 21.7 Å². The van der Waals surface area contributed by atoms with Gasteiger partial charge < -0.3 is 4.90 Å². The second-order valence-electron chi connectivity index (χ2n) is 7.04. The van der Waals surface area contributed by atoms with Crippen molar-refractivity contribution >= 4 is 27.5 Å². The number of hydrogen-bond donors (Lipinski definition) is 0. The zero-order chi connectivity index (χ0) is 21.2. The van der Waals surface area contributed by atoms with E-state index in [2.05, 4.69) is 0 Å². The lowest BCUT2D eigenvalue weighted by atomic mass is 9.96. The maximum absolute atomic E-state index is 13.4. The molecule has 9 heteroatoms. The zero-order valence-corrected chi connectivity index (χ0v) is 17.4. The van der Waals surface area contributed by atoms with Gasteiger partial charge in [0.1, 0.15) is 0 Å². The lowest BCUT2D eigenvalue weighted by molar-refractivity contribution is -0.135. The summed E-state index contributed by atoms with van der Waals surface area (Å²) in [6, 6.07) is 9.79. The zero-order valence-electron chi connectivity index (χ0n) is 15.8. The van der Waals surface area contributed by atoms with Crippen molar-refractivity contribution in [2.75, 3.05) is 20.1 Å². The van der Waals surface area contributed by atoms with Crippen LogP contribution in [0.3, 0.4) is 0 Å². The first-order valence-corrected chi connectivity index (χ1v) is 11.0. The summed E-state index contributed by atoms with van der Waals surface area (Å²) >= 11 is 6.15. The van der Waals surface area contributed by atoms with Crippen molar-refractivity contribution in [2.24, 2.45) is 5.92 Å². The maximum atomic E-state index is 13.4. The third-order valence-electron chi connectivity index (χ3n) is 5.07. The molecule has 0 atom stereocenters. The molecule has 2 aromatic rings. The molecule has 3 rings (SSSR count). The van der Waals surface area contributed by atoms with Gasteiger partial charge in [-0.3, -0.25) is 4.79 Å². The Morgan fingerprint density at radius 2 is 1.79 bits per heavy atom. The van der Waals surface area contributed by atoms with Crippen LogP contribution in [0.2, 0.25) is 5.02 Å². The highest BCUT2D eigenvalue weighted by Crippen LogP contribution is 2.26. The van der Waals surface area contributed by atoms with Crippen LogP contribution in [-0.4, -0.2) is 43.7 Å². The van der Waals surface area contributed by atoms with Gasteiger partial charge in [-0.2, -0.15) is 4.31 Å². The van der Waals surface area contributed by atoms with Gasteiger partial charge in [-0.25, -0.2) is 17.2 Å². The molecule has 1 aliphatic heterocycles. The van der Waals surface area contributed by atoms with E-state index in [0.29, 0.717) is 30.5 Å². The monoisotopic (exact) mass is 442 g/mol. The number of rotatable bonds is 5. The van der Waals surface area contributed by atoms with Gasteiger partial charge in [0.2, 0.25) is 15.9 Å². The van der Waals surface area contributed by atoms with E-state index in [1.807, 2.05) is 18.2 Å². The highest BCUT2D eigenvalue weighted by atomic mass is 35.5. The van der Waals surface area contributed by atoms with Gasteiger partial charge in [0.25, 0.3) is 0 Å². The molecule has 0 spiro atoms. The first-order chi connectivity index (χ1) is 13.7. The Kier molecular flexibility index (Phi) is 6.55. The summed E-state index contributed by atoms with van der Waals surface area (Å²) < 4.78 is 53.1. The SMILES string of the molecule is CN(Cc1ccccc1Cl)C(=O)C1CCN(S(=O)(=O)c2ccc(F)c(F)c2)CC1. The van der Waals surface area contributed by atoms with Crippen LogP contribution in [0, 0.1) is 17.6 Å². The second kappa shape index (κ2) is 8.77. The van der Waals surface area contributed by atoms with Crippen LogP contribution in [0.1, 0.15) is 18.4 Å². The topological polar surface area (TPSA) is 57.7 Å². The van der Waals surface area contributed by atoms with Crippen molar-refractivity contribution in [3.05, 3.63) is 64.7 Å². The van der Waals surface area contributed by atoms with E-state index in [4.69, 9.17) is 11.6 Å². The molecule has 0 saturated carbocycles. The smallest absolute Gasteiger partial charge is 0.243 e. The molecule has 1 saturated heterocycles. The Morgan fingerprint density at radius 1 is 1.14 bits per heavy atom. The largest absolute Gasteiger partial charge is 0.341 e. The number of halogens is 3. The van der Waals surface area contributed by atoms with Crippen LogP contribution in [0.25, 0.3) is 0 Å². The number of carbonyl (C=O) groups is 1. The summed E-state index contributed by atoms with van der Waals surface area (Å²) in [5, 5.41) is 0.583. The second-order valence-corrected chi connectivity index (χ2v) is 9.39. The number of amides is 1. The molecule has 5 nitrogen and oxygen atoms in total. The quantitative estimate of drug-likeness (QED) is 0.709. The minimum absolute atomic E-state index is 0.0743. The predicted octanol–water partition coefficient (Wildman–Crippen LogP) is 3.68. The van der Waals surface area contributed by atoms with E-state index in [9.17, 15) is 22.0 Å². The minimum Gasteiger partial charge on any atom is -0.341 e. The number of benzene rings is 2. The molecule has 1 amide bonds. The van der Waals surface area contributed by atoms with Crippen molar-refractivity contribution in [1.29, 1.82) is 0 Å². The summed E-state index contributed by atoms with van der Waals surface area (Å²) in [7, 11) is -2.25. The molecule has 1 heterocycles. The molecule has 2 aromatic carbocycles. The highest BCUT2D eigenvalue weighted by Gasteiger charge is 2.33. The average molecular weight is 443 g/mol. The fourth-order valence-electron chi connectivity index (χ4n) is 3.40. The summed E-state index contributed by atoms with van der Waals surface area (Å²) in [6.45, 7) is 0.640.